The third kappa shape index (κ3) is 0.815. The quantitative estimate of drug-likeness (QED) is 0.632. The maximum absolute atomic E-state index is 10.5. The number of hydrogen-bond donors (Lipinski definition) is 1. The highest BCUT2D eigenvalue weighted by Crippen LogP contribution is 1.99. The Balaban J connectivity index is 2.79. The second-order valence-corrected chi connectivity index (χ2v) is 2.10. The Morgan fingerprint density at radius 1 is 1.42 bits per heavy atom. The van der Waals surface area contributed by atoms with Crippen molar-refractivity contribution in [2.24, 2.45) is 0 Å². The summed E-state index contributed by atoms with van der Waals surface area (Å²) < 4.78 is 1.17. The van der Waals surface area contributed by atoms with Gasteiger partial charge in [-0.25, -0.2) is 14.8 Å². The van der Waals surface area contributed by atoms with E-state index in [0.717, 1.165) is 0 Å². The Labute approximate surface area is 66.5 Å². The fraction of sp³-hybridized carbons (Fsp3) is 0. The first-order valence-electron chi connectivity index (χ1n) is 3.17. The summed E-state index contributed by atoms with van der Waals surface area (Å²) in [5.74, 6) is -0.780. The van der Waals surface area contributed by atoms with Crippen LogP contribution in [0.3, 0.4) is 0 Å². The molecule has 12 heavy (non-hydrogen) atoms. The number of carbonyl (C=O) groups is 1. The summed E-state index contributed by atoms with van der Waals surface area (Å²) in [4.78, 5) is 18.1. The Hall–Kier alpha value is -1.98. The number of aromatic nitrogens is 4. The highest BCUT2D eigenvalue weighted by atomic mass is 16.4. The number of imidazole rings is 1. The predicted octanol–water partition coefficient (Wildman–Crippen LogP) is -0.178. The molecule has 6 nitrogen and oxygen atoms in total. The standard InChI is InChI=1S/C6H4N4O2/c11-5(12)4-3-8-6-7-1-2-9-10(4)6/h1-3H,(H,11,12). The normalized spacial score (nSPS) is 10.3. The highest BCUT2D eigenvalue weighted by Gasteiger charge is 2.10. The van der Waals surface area contributed by atoms with Crippen molar-refractivity contribution in [2.45, 2.75) is 0 Å². The summed E-state index contributed by atoms with van der Waals surface area (Å²) in [6.07, 6.45) is 4.08. The van der Waals surface area contributed by atoms with Gasteiger partial charge in [0.2, 0.25) is 0 Å². The molecule has 2 heterocycles. The second kappa shape index (κ2) is 2.26. The summed E-state index contributed by atoms with van der Waals surface area (Å²) >= 11 is 0. The van der Waals surface area contributed by atoms with Crippen molar-refractivity contribution in [1.29, 1.82) is 0 Å². The minimum Gasteiger partial charge on any atom is -0.476 e. The fourth-order valence-corrected chi connectivity index (χ4v) is 0.880. The third-order valence-corrected chi connectivity index (χ3v) is 1.38. The van der Waals surface area contributed by atoms with Crippen LogP contribution in [-0.2, 0) is 0 Å². The van der Waals surface area contributed by atoms with Crippen LogP contribution in [0.25, 0.3) is 5.78 Å². The van der Waals surface area contributed by atoms with Gasteiger partial charge in [0.05, 0.1) is 18.6 Å². The summed E-state index contributed by atoms with van der Waals surface area (Å²) in [6, 6.07) is 0. The number of carboxylic acid groups (broad SMARTS) is 1. The Kier molecular flexibility index (Phi) is 1.26. The van der Waals surface area contributed by atoms with E-state index in [1.165, 1.54) is 23.1 Å². The summed E-state index contributed by atoms with van der Waals surface area (Å²) in [5, 5.41) is 12.4. The predicted molar refractivity (Wildman–Crippen MR) is 37.7 cm³/mol. The number of aromatic carboxylic acids is 1. The molecule has 0 aliphatic rings. The van der Waals surface area contributed by atoms with Crippen molar-refractivity contribution < 1.29 is 9.90 Å². The molecule has 6 heteroatoms. The lowest BCUT2D eigenvalue weighted by atomic mass is 10.5. The topological polar surface area (TPSA) is 80.4 Å². The number of nitrogens with zero attached hydrogens (tertiary/aromatic N) is 4. The molecule has 0 fully saturated rings. The van der Waals surface area contributed by atoms with E-state index in [1.54, 1.807) is 0 Å². The molecule has 60 valence electrons. The monoisotopic (exact) mass is 164 g/mol. The summed E-state index contributed by atoms with van der Waals surface area (Å²) in [7, 11) is 0. The zero-order chi connectivity index (χ0) is 8.55. The SMILES string of the molecule is O=C(O)c1cnc2nccnn12. The van der Waals surface area contributed by atoms with Crippen LogP contribution in [0.1, 0.15) is 10.5 Å². The van der Waals surface area contributed by atoms with E-state index in [9.17, 15) is 4.79 Å². The van der Waals surface area contributed by atoms with Crippen molar-refractivity contribution in [2.75, 3.05) is 0 Å². The van der Waals surface area contributed by atoms with E-state index in [-0.39, 0.29) is 11.5 Å². The first kappa shape index (κ1) is 6.71. The molecule has 0 bridgehead atoms. The molecule has 2 rings (SSSR count). The molecule has 0 atom stereocenters. The molecule has 0 saturated carbocycles. The van der Waals surface area contributed by atoms with Gasteiger partial charge >= 0.3 is 5.97 Å². The smallest absolute Gasteiger partial charge is 0.356 e. The highest BCUT2D eigenvalue weighted by molar-refractivity contribution is 5.86. The van der Waals surface area contributed by atoms with Crippen LogP contribution in [0.2, 0.25) is 0 Å². The molecule has 0 saturated heterocycles. The zero-order valence-corrected chi connectivity index (χ0v) is 5.88. The molecule has 0 unspecified atom stereocenters. The minimum atomic E-state index is -1.07. The van der Waals surface area contributed by atoms with Crippen LogP contribution in [0.5, 0.6) is 0 Å². The first-order chi connectivity index (χ1) is 5.79. The molecule has 0 spiro atoms. The first-order valence-corrected chi connectivity index (χ1v) is 3.17. The van der Waals surface area contributed by atoms with Gasteiger partial charge < -0.3 is 5.11 Å². The van der Waals surface area contributed by atoms with E-state index >= 15 is 0 Å². The van der Waals surface area contributed by atoms with E-state index < -0.39 is 5.97 Å². The van der Waals surface area contributed by atoms with Gasteiger partial charge in [-0.2, -0.15) is 9.61 Å². The maximum atomic E-state index is 10.5. The van der Waals surface area contributed by atoms with Gasteiger partial charge in [-0.15, -0.1) is 0 Å². The molecular weight excluding hydrogens is 160 g/mol. The van der Waals surface area contributed by atoms with Gasteiger partial charge in [0.1, 0.15) is 0 Å². The fourth-order valence-electron chi connectivity index (χ4n) is 0.880. The lowest BCUT2D eigenvalue weighted by Gasteiger charge is -1.91. The van der Waals surface area contributed by atoms with Crippen molar-refractivity contribution in [3.63, 3.8) is 0 Å². The average Bonchev–Trinajstić information content (AvgIpc) is 2.47. The molecule has 0 aliphatic carbocycles. The lowest BCUT2D eigenvalue weighted by Crippen LogP contribution is -2.04. The lowest BCUT2D eigenvalue weighted by molar-refractivity contribution is 0.0688. The van der Waals surface area contributed by atoms with Crippen LogP contribution >= 0.6 is 0 Å². The average molecular weight is 164 g/mol. The Bertz CT molecular complexity index is 436. The minimum absolute atomic E-state index is 0.0121. The van der Waals surface area contributed by atoms with E-state index in [2.05, 4.69) is 15.1 Å². The summed E-state index contributed by atoms with van der Waals surface area (Å²) in [6.45, 7) is 0. The third-order valence-electron chi connectivity index (χ3n) is 1.38. The van der Waals surface area contributed by atoms with Gasteiger partial charge in [0.25, 0.3) is 5.78 Å². The van der Waals surface area contributed by atoms with Crippen LogP contribution in [0.4, 0.5) is 0 Å². The number of carboxylic acids is 1. The van der Waals surface area contributed by atoms with Crippen molar-refractivity contribution >= 4 is 11.7 Å². The van der Waals surface area contributed by atoms with Gasteiger partial charge in [0, 0.05) is 0 Å². The van der Waals surface area contributed by atoms with Crippen LogP contribution in [0.15, 0.2) is 18.6 Å². The molecule has 0 aliphatic heterocycles. The largest absolute Gasteiger partial charge is 0.476 e. The number of hydrogen-bond acceptors (Lipinski definition) is 4. The van der Waals surface area contributed by atoms with Gasteiger partial charge in [-0.05, 0) is 0 Å². The second-order valence-electron chi connectivity index (χ2n) is 2.10. The molecule has 0 aromatic carbocycles. The molecular formula is C6H4N4O2. The number of rotatable bonds is 1. The summed E-state index contributed by atoms with van der Waals surface area (Å²) in [5.41, 5.74) is 0.0121. The van der Waals surface area contributed by atoms with Crippen molar-refractivity contribution in [3.8, 4) is 0 Å². The molecule has 0 radical (unpaired) electrons. The van der Waals surface area contributed by atoms with E-state index in [1.807, 2.05) is 0 Å². The van der Waals surface area contributed by atoms with Crippen LogP contribution in [-0.4, -0.2) is 30.7 Å². The Morgan fingerprint density at radius 3 is 3.00 bits per heavy atom. The van der Waals surface area contributed by atoms with Gasteiger partial charge in [0.15, 0.2) is 5.69 Å². The molecule has 0 amide bonds. The van der Waals surface area contributed by atoms with Crippen LogP contribution < -0.4 is 0 Å². The zero-order valence-electron chi connectivity index (χ0n) is 5.88. The van der Waals surface area contributed by atoms with Gasteiger partial charge in [-0.3, -0.25) is 0 Å². The van der Waals surface area contributed by atoms with Crippen LogP contribution in [0, 0.1) is 0 Å². The van der Waals surface area contributed by atoms with Crippen molar-refractivity contribution in [1.82, 2.24) is 19.6 Å². The molecule has 2 aromatic heterocycles. The van der Waals surface area contributed by atoms with E-state index in [4.69, 9.17) is 5.11 Å². The maximum Gasteiger partial charge on any atom is 0.356 e. The van der Waals surface area contributed by atoms with E-state index in [0.29, 0.717) is 0 Å². The molecule has 2 aromatic rings. The van der Waals surface area contributed by atoms with Gasteiger partial charge in [-0.1, -0.05) is 0 Å². The molecule has 1 N–H and O–H groups in total. The number of fused-ring (bicyclic) bond motifs is 1. The van der Waals surface area contributed by atoms with Crippen molar-refractivity contribution in [3.05, 3.63) is 24.3 Å². The Morgan fingerprint density at radius 2 is 2.25 bits per heavy atom.